The van der Waals surface area contributed by atoms with Crippen LogP contribution in [0, 0.1) is 12.1 Å². The van der Waals surface area contributed by atoms with Crippen molar-refractivity contribution in [2.24, 2.45) is 0 Å². The van der Waals surface area contributed by atoms with E-state index in [2.05, 4.69) is 148 Å². The fraction of sp³-hybridized carbons (Fsp3) is 0.209. The van der Waals surface area contributed by atoms with Gasteiger partial charge in [0, 0.05) is 43.4 Å². The van der Waals surface area contributed by atoms with Crippen molar-refractivity contribution in [1.29, 1.82) is 0 Å². The SMILES string of the molecule is CC(C)c1ccnc(-c2[c-]ccc3c2oc2c(-c4ccc([Si](C)(C)C)cc4)cccc23)c1.C[Si](C)(C)c1ccc(-c2[c-]cccc2)nc1.[Ir]. The zero-order chi connectivity index (χ0) is 34.1. The van der Waals surface area contributed by atoms with E-state index in [-0.39, 0.29) is 20.1 Å². The van der Waals surface area contributed by atoms with Crippen molar-refractivity contribution < 1.29 is 24.5 Å². The summed E-state index contributed by atoms with van der Waals surface area (Å²) in [5.41, 5.74) is 9.22. The minimum atomic E-state index is -1.33. The maximum Gasteiger partial charge on any atom is 0.128 e. The summed E-state index contributed by atoms with van der Waals surface area (Å²) < 4.78 is 6.56. The molecule has 0 saturated carbocycles. The van der Waals surface area contributed by atoms with E-state index < -0.39 is 16.1 Å². The van der Waals surface area contributed by atoms with Crippen LogP contribution < -0.4 is 10.4 Å². The average molecular weight is 853 g/mol. The van der Waals surface area contributed by atoms with Crippen LogP contribution in [0.15, 0.2) is 120 Å². The fourth-order valence-electron chi connectivity index (χ4n) is 5.82. The maximum atomic E-state index is 6.56. The molecule has 0 unspecified atom stereocenters. The Morgan fingerprint density at radius 3 is 1.98 bits per heavy atom. The molecule has 6 heteroatoms. The predicted octanol–water partition coefficient (Wildman–Crippen LogP) is 10.9. The van der Waals surface area contributed by atoms with E-state index in [9.17, 15) is 0 Å². The molecule has 3 nitrogen and oxygen atoms in total. The second kappa shape index (κ2) is 14.9. The molecule has 0 aliphatic carbocycles. The molecule has 7 rings (SSSR count). The summed E-state index contributed by atoms with van der Waals surface area (Å²) in [6.45, 7) is 18.5. The van der Waals surface area contributed by atoms with Gasteiger partial charge in [0.25, 0.3) is 0 Å². The number of fused-ring (bicyclic) bond motifs is 3. The van der Waals surface area contributed by atoms with E-state index in [0.29, 0.717) is 5.92 Å². The Morgan fingerprint density at radius 2 is 1.35 bits per heavy atom. The average Bonchev–Trinajstić information content (AvgIpc) is 3.48. The van der Waals surface area contributed by atoms with Crippen molar-refractivity contribution in [3.8, 4) is 33.6 Å². The minimum Gasteiger partial charge on any atom is -0.500 e. The number of hydrogen-bond acceptors (Lipinski definition) is 3. The van der Waals surface area contributed by atoms with Crippen molar-refractivity contribution in [2.45, 2.75) is 59.0 Å². The first-order valence-corrected chi connectivity index (χ1v) is 23.8. The monoisotopic (exact) mass is 853 g/mol. The predicted molar refractivity (Wildman–Crippen MR) is 210 cm³/mol. The smallest absolute Gasteiger partial charge is 0.128 e. The van der Waals surface area contributed by atoms with Gasteiger partial charge in [-0.05, 0) is 34.1 Å². The molecule has 0 saturated heterocycles. The number of aromatic nitrogens is 2. The van der Waals surface area contributed by atoms with Gasteiger partial charge >= 0.3 is 0 Å². The van der Waals surface area contributed by atoms with Crippen molar-refractivity contribution in [3.63, 3.8) is 0 Å². The summed E-state index contributed by atoms with van der Waals surface area (Å²) in [6, 6.07) is 42.6. The van der Waals surface area contributed by atoms with Gasteiger partial charge in [0.15, 0.2) is 0 Å². The molecule has 4 aromatic carbocycles. The molecular formula is C43H44IrN2OSi2-2. The van der Waals surface area contributed by atoms with Crippen LogP contribution in [0.4, 0.5) is 0 Å². The molecule has 0 bridgehead atoms. The van der Waals surface area contributed by atoms with Crippen molar-refractivity contribution in [3.05, 3.63) is 133 Å². The third-order valence-electron chi connectivity index (χ3n) is 8.84. The third-order valence-corrected chi connectivity index (χ3v) is 12.9. The summed E-state index contributed by atoms with van der Waals surface area (Å²) >= 11 is 0. The number of pyridine rings is 2. The zero-order valence-electron chi connectivity index (χ0n) is 29.7. The number of rotatable bonds is 6. The van der Waals surface area contributed by atoms with Crippen LogP contribution in [0.1, 0.15) is 25.3 Å². The molecule has 49 heavy (non-hydrogen) atoms. The Bertz CT molecular complexity index is 2160. The van der Waals surface area contributed by atoms with Crippen LogP contribution in [-0.2, 0) is 20.1 Å². The molecule has 0 spiro atoms. The summed E-state index contributed by atoms with van der Waals surface area (Å²) in [5, 5.41) is 5.09. The van der Waals surface area contributed by atoms with E-state index >= 15 is 0 Å². The van der Waals surface area contributed by atoms with Crippen LogP contribution >= 0.6 is 0 Å². The molecule has 3 aromatic heterocycles. The summed E-state index contributed by atoms with van der Waals surface area (Å²) in [4.78, 5) is 9.16. The minimum absolute atomic E-state index is 0. The Balaban J connectivity index is 0.000000233. The molecule has 3 heterocycles. The number of furan rings is 1. The van der Waals surface area contributed by atoms with Crippen LogP contribution in [-0.4, -0.2) is 26.1 Å². The molecule has 0 aliphatic rings. The van der Waals surface area contributed by atoms with E-state index in [4.69, 9.17) is 4.42 Å². The van der Waals surface area contributed by atoms with Gasteiger partial charge in [-0.2, -0.15) is 0 Å². The largest absolute Gasteiger partial charge is 0.500 e. The second-order valence-corrected chi connectivity index (χ2v) is 24.9. The molecule has 0 aliphatic heterocycles. The van der Waals surface area contributed by atoms with Crippen LogP contribution in [0.5, 0.6) is 0 Å². The van der Waals surface area contributed by atoms with Gasteiger partial charge in [0.1, 0.15) is 5.58 Å². The van der Waals surface area contributed by atoms with Gasteiger partial charge in [0.05, 0.1) is 21.7 Å². The summed E-state index contributed by atoms with van der Waals surface area (Å²) in [6.07, 6.45) is 3.90. The Hall–Kier alpha value is -3.94. The number of hydrogen-bond donors (Lipinski definition) is 0. The molecular weight excluding hydrogens is 809 g/mol. The van der Waals surface area contributed by atoms with Crippen LogP contribution in [0.3, 0.4) is 0 Å². The van der Waals surface area contributed by atoms with E-state index in [1.165, 1.54) is 21.5 Å². The Labute approximate surface area is 307 Å². The first-order valence-electron chi connectivity index (χ1n) is 16.8. The maximum absolute atomic E-state index is 6.56. The summed E-state index contributed by atoms with van der Waals surface area (Å²) in [5.74, 6) is 0.442. The van der Waals surface area contributed by atoms with Crippen LogP contribution in [0.2, 0.25) is 39.3 Å². The molecule has 251 valence electrons. The quantitative estimate of drug-likeness (QED) is 0.124. The van der Waals surface area contributed by atoms with Gasteiger partial charge in [-0.15, -0.1) is 54.1 Å². The topological polar surface area (TPSA) is 38.9 Å². The van der Waals surface area contributed by atoms with E-state index in [1.807, 2.05) is 42.7 Å². The Kier molecular flexibility index (Phi) is 11.0. The molecule has 0 atom stereocenters. The van der Waals surface area contributed by atoms with Crippen molar-refractivity contribution in [2.75, 3.05) is 0 Å². The summed E-state index contributed by atoms with van der Waals surface area (Å²) in [7, 11) is -2.56. The van der Waals surface area contributed by atoms with E-state index in [1.54, 1.807) is 0 Å². The zero-order valence-corrected chi connectivity index (χ0v) is 34.1. The van der Waals surface area contributed by atoms with Crippen molar-refractivity contribution >= 4 is 48.5 Å². The number of nitrogens with zero attached hydrogens (tertiary/aromatic N) is 2. The first-order chi connectivity index (χ1) is 22.9. The normalized spacial score (nSPS) is 11.7. The van der Waals surface area contributed by atoms with Gasteiger partial charge < -0.3 is 14.4 Å². The molecule has 1 radical (unpaired) electrons. The first kappa shape index (κ1) is 36.3. The van der Waals surface area contributed by atoms with Crippen LogP contribution in [0.25, 0.3) is 55.6 Å². The Morgan fingerprint density at radius 1 is 0.633 bits per heavy atom. The third kappa shape index (κ3) is 8.11. The molecule has 0 N–H and O–H groups in total. The van der Waals surface area contributed by atoms with Gasteiger partial charge in [-0.3, -0.25) is 0 Å². The van der Waals surface area contributed by atoms with Crippen molar-refractivity contribution in [1.82, 2.24) is 9.97 Å². The molecule has 0 fully saturated rings. The second-order valence-electron chi connectivity index (χ2n) is 14.8. The van der Waals surface area contributed by atoms with E-state index in [0.717, 1.165) is 50.0 Å². The van der Waals surface area contributed by atoms with Gasteiger partial charge in [-0.1, -0.05) is 135 Å². The van der Waals surface area contributed by atoms with Gasteiger partial charge in [-0.25, -0.2) is 0 Å². The van der Waals surface area contributed by atoms with Gasteiger partial charge in [0.2, 0.25) is 0 Å². The standard InChI is InChI=1S/C29H28NOSi.C14H16NSi.Ir/c1-19(2)21-16-17-30-27(18-21)26-11-7-10-25-24-9-6-8-23(28(24)31-29(25)26)20-12-14-22(15-13-20)32(3,4)5;1-16(2,3)13-9-10-14(15-11-13)12-7-5-4-6-8-12;/h6-10,12-19H,1-5H3;4-7,9-11H,1-3H3;/q2*-1;. The number of para-hydroxylation sites is 1. The number of benzene rings is 4. The molecule has 0 amide bonds. The fourth-order valence-corrected chi connectivity index (χ4v) is 8.02. The molecule has 7 aromatic rings.